The molecule has 130 valence electrons. The average molecular weight is 353 g/mol. The molecule has 0 radical (unpaired) electrons. The van der Waals surface area contributed by atoms with Crippen LogP contribution in [0.4, 0.5) is 0 Å². The Morgan fingerprint density at radius 2 is 2.08 bits per heavy atom. The summed E-state index contributed by atoms with van der Waals surface area (Å²) in [7, 11) is 0. The van der Waals surface area contributed by atoms with Crippen LogP contribution in [0.5, 0.6) is 0 Å². The van der Waals surface area contributed by atoms with Gasteiger partial charge in [0.15, 0.2) is 0 Å². The zero-order valence-corrected chi connectivity index (χ0v) is 14.3. The van der Waals surface area contributed by atoms with Crippen molar-refractivity contribution in [3.05, 3.63) is 34.3 Å². The quantitative estimate of drug-likeness (QED) is 0.892. The molecule has 2 heterocycles. The lowest BCUT2D eigenvalue weighted by Crippen LogP contribution is -2.47. The number of ether oxygens (including phenoxy) is 1. The monoisotopic (exact) mass is 352 g/mol. The number of carboxylic acids is 1. The van der Waals surface area contributed by atoms with Crippen LogP contribution < -0.4 is 0 Å². The molecule has 1 N–H and O–H groups in total. The average Bonchev–Trinajstić information content (AvgIpc) is 2.79. The molecule has 0 unspecified atom stereocenters. The van der Waals surface area contributed by atoms with Gasteiger partial charge in [-0.1, -0.05) is 23.2 Å². The predicted octanol–water partition coefficient (Wildman–Crippen LogP) is 1.51. The minimum atomic E-state index is -0.851. The number of aliphatic carboxylic acids is 1. The number of fused-ring (bicyclic) bond motifs is 3. The van der Waals surface area contributed by atoms with E-state index in [9.17, 15) is 9.59 Å². The van der Waals surface area contributed by atoms with Crippen molar-refractivity contribution >= 4 is 23.5 Å². The van der Waals surface area contributed by atoms with Crippen LogP contribution in [0.1, 0.15) is 15.9 Å². The Morgan fingerprint density at radius 3 is 2.83 bits per heavy atom. The van der Waals surface area contributed by atoms with E-state index in [1.807, 2.05) is 17.9 Å². The number of hydrogen-bond donors (Lipinski definition) is 1. The summed E-state index contributed by atoms with van der Waals surface area (Å²) in [5.74, 6) is -0.860. The van der Waals surface area contributed by atoms with Crippen LogP contribution in [0, 0.1) is 12.8 Å². The number of carboxylic acid groups (broad SMARTS) is 1. The molecule has 2 saturated heterocycles. The number of carbonyl (C=O) groups is 2. The van der Waals surface area contributed by atoms with Gasteiger partial charge >= 0.3 is 5.97 Å². The van der Waals surface area contributed by atoms with Crippen LogP contribution in [0.3, 0.4) is 0 Å². The number of hydrogen-bond acceptors (Lipinski definition) is 4. The molecular weight excluding hydrogens is 332 g/mol. The zero-order valence-electron chi connectivity index (χ0n) is 13.6. The first-order chi connectivity index (χ1) is 11.4. The summed E-state index contributed by atoms with van der Waals surface area (Å²) < 4.78 is 5.68. The van der Waals surface area contributed by atoms with E-state index < -0.39 is 5.97 Å². The molecule has 1 aromatic rings. The molecule has 3 rings (SSSR count). The number of nitrogens with zero attached hydrogens (tertiary/aromatic N) is 2. The van der Waals surface area contributed by atoms with Gasteiger partial charge in [-0.3, -0.25) is 14.5 Å². The van der Waals surface area contributed by atoms with E-state index in [1.165, 1.54) is 0 Å². The zero-order chi connectivity index (χ0) is 17.3. The van der Waals surface area contributed by atoms with Gasteiger partial charge < -0.3 is 14.7 Å². The van der Waals surface area contributed by atoms with Crippen molar-refractivity contribution in [1.82, 2.24) is 9.80 Å². The van der Waals surface area contributed by atoms with Crippen molar-refractivity contribution in [2.24, 2.45) is 5.92 Å². The van der Waals surface area contributed by atoms with Crippen LogP contribution in [0.15, 0.2) is 18.2 Å². The van der Waals surface area contributed by atoms with Gasteiger partial charge in [0, 0.05) is 25.6 Å². The first-order valence-corrected chi connectivity index (χ1v) is 8.41. The van der Waals surface area contributed by atoms with Crippen LogP contribution in [0.2, 0.25) is 5.02 Å². The van der Waals surface area contributed by atoms with E-state index in [0.29, 0.717) is 43.4 Å². The minimum absolute atomic E-state index is 0.0137. The lowest BCUT2D eigenvalue weighted by Gasteiger charge is -2.30. The van der Waals surface area contributed by atoms with E-state index >= 15 is 0 Å². The molecule has 24 heavy (non-hydrogen) atoms. The van der Waals surface area contributed by atoms with Gasteiger partial charge in [0.05, 0.1) is 36.4 Å². The molecule has 2 bridgehead atoms. The molecule has 0 aliphatic carbocycles. The van der Waals surface area contributed by atoms with Gasteiger partial charge in [0.1, 0.15) is 0 Å². The molecule has 2 aliphatic heterocycles. The second kappa shape index (κ2) is 7.09. The Labute approximate surface area is 145 Å². The Bertz CT molecular complexity index is 651. The van der Waals surface area contributed by atoms with Gasteiger partial charge in [-0.25, -0.2) is 0 Å². The summed E-state index contributed by atoms with van der Waals surface area (Å²) >= 11 is 6.22. The van der Waals surface area contributed by atoms with Crippen LogP contribution in [-0.2, 0) is 9.53 Å². The van der Waals surface area contributed by atoms with Gasteiger partial charge in [-0.15, -0.1) is 0 Å². The topological polar surface area (TPSA) is 70.1 Å². The molecule has 7 heteroatoms. The molecular formula is C17H21ClN2O4. The maximum atomic E-state index is 13.0. The molecule has 1 aromatic carbocycles. The molecule has 2 fully saturated rings. The van der Waals surface area contributed by atoms with Crippen molar-refractivity contribution in [1.29, 1.82) is 0 Å². The number of carbonyl (C=O) groups excluding carboxylic acids is 1. The Balaban J connectivity index is 1.86. The summed E-state index contributed by atoms with van der Waals surface area (Å²) in [5.41, 5.74) is 1.47. The van der Waals surface area contributed by atoms with Gasteiger partial charge in [-0.2, -0.15) is 0 Å². The standard InChI is InChI=1S/C17H21ClN2O4/c1-11-2-3-15(18)14(4-11)17(23)20-6-12-5-19(8-16(21)22)7-13(20)10-24-9-12/h2-4,12-13H,5-10H2,1H3,(H,21,22)/t12-,13-/m0/s1. The highest BCUT2D eigenvalue weighted by molar-refractivity contribution is 6.33. The molecule has 1 amide bonds. The summed E-state index contributed by atoms with van der Waals surface area (Å²) in [6, 6.07) is 5.25. The van der Waals surface area contributed by atoms with Crippen LogP contribution in [0.25, 0.3) is 0 Å². The largest absolute Gasteiger partial charge is 0.480 e. The Hall–Kier alpha value is -1.63. The summed E-state index contributed by atoms with van der Waals surface area (Å²) in [4.78, 5) is 27.8. The van der Waals surface area contributed by atoms with E-state index in [1.54, 1.807) is 17.0 Å². The molecule has 0 aromatic heterocycles. The predicted molar refractivity (Wildman–Crippen MR) is 89.4 cm³/mol. The van der Waals surface area contributed by atoms with Crippen LogP contribution >= 0.6 is 11.6 Å². The summed E-state index contributed by atoms with van der Waals surface area (Å²) in [6.45, 7) is 4.54. The highest BCUT2D eigenvalue weighted by Gasteiger charge is 2.37. The number of amides is 1. The van der Waals surface area contributed by atoms with Crippen LogP contribution in [-0.4, -0.2) is 72.2 Å². The van der Waals surface area contributed by atoms with Crippen molar-refractivity contribution in [3.63, 3.8) is 0 Å². The summed E-state index contributed by atoms with van der Waals surface area (Å²) in [6.07, 6.45) is 0. The number of aryl methyl sites for hydroxylation is 1. The van der Waals surface area contributed by atoms with Gasteiger partial charge in [0.2, 0.25) is 0 Å². The first kappa shape index (κ1) is 17.2. The van der Waals surface area contributed by atoms with E-state index in [-0.39, 0.29) is 24.4 Å². The SMILES string of the molecule is Cc1ccc(Cl)c(C(=O)N2C[C@H]3COC[C@@H]2CN(CC(=O)O)C3)c1. The minimum Gasteiger partial charge on any atom is -0.480 e. The molecule has 0 spiro atoms. The second-order valence-electron chi connectivity index (χ2n) is 6.59. The van der Waals surface area contributed by atoms with Crippen molar-refractivity contribution < 1.29 is 19.4 Å². The normalized spacial score (nSPS) is 24.5. The number of benzene rings is 1. The first-order valence-electron chi connectivity index (χ1n) is 8.03. The van der Waals surface area contributed by atoms with Crippen molar-refractivity contribution in [2.75, 3.05) is 39.4 Å². The second-order valence-corrected chi connectivity index (χ2v) is 6.99. The fraction of sp³-hybridized carbons (Fsp3) is 0.529. The number of rotatable bonds is 3. The van der Waals surface area contributed by atoms with Crippen molar-refractivity contribution in [3.8, 4) is 0 Å². The molecule has 0 saturated carbocycles. The highest BCUT2D eigenvalue weighted by atomic mass is 35.5. The number of halogens is 1. The molecule has 6 nitrogen and oxygen atoms in total. The molecule has 2 aliphatic rings. The Morgan fingerprint density at radius 1 is 1.29 bits per heavy atom. The third kappa shape index (κ3) is 3.71. The third-order valence-electron chi connectivity index (χ3n) is 4.52. The van der Waals surface area contributed by atoms with Crippen molar-refractivity contribution in [2.45, 2.75) is 13.0 Å². The van der Waals surface area contributed by atoms with E-state index in [4.69, 9.17) is 21.4 Å². The Kier molecular flexibility index (Phi) is 5.08. The van der Waals surface area contributed by atoms with E-state index in [0.717, 1.165) is 5.56 Å². The lowest BCUT2D eigenvalue weighted by molar-refractivity contribution is -0.138. The maximum absolute atomic E-state index is 13.0. The highest BCUT2D eigenvalue weighted by Crippen LogP contribution is 2.25. The maximum Gasteiger partial charge on any atom is 0.317 e. The fourth-order valence-corrected chi connectivity index (χ4v) is 3.67. The van der Waals surface area contributed by atoms with E-state index in [2.05, 4.69) is 0 Å². The van der Waals surface area contributed by atoms with Gasteiger partial charge in [0.25, 0.3) is 5.91 Å². The fourth-order valence-electron chi connectivity index (χ4n) is 3.47. The third-order valence-corrected chi connectivity index (χ3v) is 4.85. The lowest BCUT2D eigenvalue weighted by atomic mass is 10.1. The smallest absolute Gasteiger partial charge is 0.317 e. The molecule has 2 atom stereocenters. The van der Waals surface area contributed by atoms with Gasteiger partial charge in [-0.05, 0) is 19.1 Å². The summed E-state index contributed by atoms with van der Waals surface area (Å²) in [5, 5.41) is 9.51.